The van der Waals surface area contributed by atoms with Crippen LogP contribution in [0.1, 0.15) is 25.0 Å². The largest absolute Gasteiger partial charge is 0.454 e. The van der Waals surface area contributed by atoms with Crippen LogP contribution in [-0.2, 0) is 22.4 Å². The van der Waals surface area contributed by atoms with Gasteiger partial charge in [0, 0.05) is 12.8 Å². The molecule has 12 nitrogen and oxygen atoms in total. The van der Waals surface area contributed by atoms with Crippen LogP contribution in [0.4, 0.5) is 9.59 Å². The van der Waals surface area contributed by atoms with E-state index in [1.54, 1.807) is 26.0 Å². The van der Waals surface area contributed by atoms with E-state index in [0.29, 0.717) is 35.8 Å². The first-order valence-electron chi connectivity index (χ1n) is 11.2. The molecule has 0 aliphatic carbocycles. The molecule has 36 heavy (non-hydrogen) atoms. The second kappa shape index (κ2) is 8.63. The van der Waals surface area contributed by atoms with Gasteiger partial charge in [-0.3, -0.25) is 20.2 Å². The first-order valence-corrected chi connectivity index (χ1v) is 11.2. The summed E-state index contributed by atoms with van der Waals surface area (Å²) in [4.78, 5) is 45.7. The molecule has 2 saturated heterocycles. The van der Waals surface area contributed by atoms with Gasteiger partial charge in [-0.2, -0.15) is 0 Å². The molecule has 4 N–H and O–H groups in total. The van der Waals surface area contributed by atoms with Gasteiger partial charge in [0.05, 0.1) is 0 Å². The predicted octanol–water partition coefficient (Wildman–Crippen LogP) is 1.11. The van der Waals surface area contributed by atoms with Crippen LogP contribution < -0.4 is 40.2 Å². The van der Waals surface area contributed by atoms with Crippen LogP contribution in [0, 0.1) is 0 Å². The number of hydrogen-bond donors (Lipinski definition) is 4. The van der Waals surface area contributed by atoms with Crippen LogP contribution in [0.3, 0.4) is 0 Å². The van der Waals surface area contributed by atoms with Gasteiger partial charge in [-0.15, -0.1) is 0 Å². The lowest BCUT2D eigenvalue weighted by Gasteiger charge is -2.20. The van der Waals surface area contributed by atoms with Crippen molar-refractivity contribution in [3.05, 3.63) is 47.5 Å². The van der Waals surface area contributed by atoms with Crippen molar-refractivity contribution in [3.63, 3.8) is 0 Å². The summed E-state index contributed by atoms with van der Waals surface area (Å²) in [7, 11) is 0. The van der Waals surface area contributed by atoms with E-state index in [0.717, 1.165) is 11.1 Å². The first-order chi connectivity index (χ1) is 17.1. The standard InChI is InChI=1S/2C12H12N2O4/c2*1-12(10(15)13-11(16)14-12)5-7-2-3-8-9(4-7)18-6-17-8/h2*2-4H,5-6H2,1H3,(H2,13,14,15,16). The van der Waals surface area contributed by atoms with E-state index in [-0.39, 0.29) is 25.4 Å². The van der Waals surface area contributed by atoms with Crippen molar-refractivity contribution in [3.8, 4) is 23.0 Å². The summed E-state index contributed by atoms with van der Waals surface area (Å²) in [6.07, 6.45) is 0.808. The molecule has 6 rings (SSSR count). The third-order valence-corrected chi connectivity index (χ3v) is 6.22. The van der Waals surface area contributed by atoms with Crippen LogP contribution in [-0.4, -0.2) is 48.5 Å². The third kappa shape index (κ3) is 4.44. The van der Waals surface area contributed by atoms with Crippen LogP contribution >= 0.6 is 0 Å². The molecule has 4 aliphatic heterocycles. The SMILES string of the molecule is CC1(Cc2ccc3c(c2)OCO3)NC(=O)NC1=O.CC1(Cc2ccc3c(c2)OCO3)NC(=O)NC1=O. The average Bonchev–Trinajstić information content (AvgIpc) is 3.56. The van der Waals surface area contributed by atoms with Crippen molar-refractivity contribution in [2.75, 3.05) is 13.6 Å². The molecule has 2 aromatic rings. The number of amides is 6. The van der Waals surface area contributed by atoms with Gasteiger partial charge in [0.2, 0.25) is 13.6 Å². The Hall–Kier alpha value is -4.48. The zero-order chi connectivity index (χ0) is 25.5. The van der Waals surface area contributed by atoms with Crippen LogP contribution in [0.5, 0.6) is 23.0 Å². The van der Waals surface area contributed by atoms with Crippen LogP contribution in [0.15, 0.2) is 36.4 Å². The Morgan fingerprint density at radius 1 is 0.639 bits per heavy atom. The van der Waals surface area contributed by atoms with Gasteiger partial charge in [0.25, 0.3) is 11.8 Å². The van der Waals surface area contributed by atoms with E-state index in [1.807, 2.05) is 24.3 Å². The van der Waals surface area contributed by atoms with Gasteiger partial charge in [0.15, 0.2) is 23.0 Å². The van der Waals surface area contributed by atoms with E-state index in [4.69, 9.17) is 18.9 Å². The van der Waals surface area contributed by atoms with E-state index in [1.165, 1.54) is 0 Å². The fourth-order valence-corrected chi connectivity index (χ4v) is 4.33. The molecule has 4 aliphatic rings. The fourth-order valence-electron chi connectivity index (χ4n) is 4.33. The first kappa shape index (κ1) is 23.3. The Balaban J connectivity index is 0.000000148. The number of benzene rings is 2. The van der Waals surface area contributed by atoms with Gasteiger partial charge < -0.3 is 29.6 Å². The molecule has 0 aromatic heterocycles. The highest BCUT2D eigenvalue weighted by Gasteiger charge is 2.43. The number of ether oxygens (including phenoxy) is 4. The summed E-state index contributed by atoms with van der Waals surface area (Å²) in [5.74, 6) is 2.10. The average molecular weight is 496 g/mol. The minimum absolute atomic E-state index is 0.216. The number of nitrogens with one attached hydrogen (secondary N) is 4. The summed E-state index contributed by atoms with van der Waals surface area (Å²) >= 11 is 0. The summed E-state index contributed by atoms with van der Waals surface area (Å²) in [5, 5.41) is 9.72. The quantitative estimate of drug-likeness (QED) is 0.459. The summed E-state index contributed by atoms with van der Waals surface area (Å²) < 4.78 is 21.0. The van der Waals surface area contributed by atoms with E-state index in [2.05, 4.69) is 21.3 Å². The lowest BCUT2D eigenvalue weighted by molar-refractivity contribution is -0.124. The lowest BCUT2D eigenvalue weighted by Crippen LogP contribution is -2.45. The molecular formula is C24H24N4O8. The maximum Gasteiger partial charge on any atom is 0.322 e. The summed E-state index contributed by atoms with van der Waals surface area (Å²) in [6.45, 7) is 3.82. The van der Waals surface area contributed by atoms with Crippen LogP contribution in [0.25, 0.3) is 0 Å². The molecule has 0 radical (unpaired) electrons. The predicted molar refractivity (Wildman–Crippen MR) is 123 cm³/mol. The zero-order valence-electron chi connectivity index (χ0n) is 19.6. The number of fused-ring (bicyclic) bond motifs is 2. The Morgan fingerprint density at radius 3 is 1.39 bits per heavy atom. The van der Waals surface area contributed by atoms with Crippen molar-refractivity contribution in [1.29, 1.82) is 0 Å². The molecule has 2 aromatic carbocycles. The summed E-state index contributed by atoms with van der Waals surface area (Å²) in [5.41, 5.74) is -0.0200. The van der Waals surface area contributed by atoms with Crippen molar-refractivity contribution in [1.82, 2.24) is 21.3 Å². The number of urea groups is 2. The van der Waals surface area contributed by atoms with Crippen molar-refractivity contribution < 1.29 is 38.1 Å². The van der Waals surface area contributed by atoms with E-state index >= 15 is 0 Å². The van der Waals surface area contributed by atoms with Crippen molar-refractivity contribution in [2.45, 2.75) is 37.8 Å². The smallest absolute Gasteiger partial charge is 0.322 e. The van der Waals surface area contributed by atoms with Gasteiger partial charge in [-0.1, -0.05) is 12.1 Å². The second-order valence-corrected chi connectivity index (χ2v) is 9.21. The number of carbonyl (C=O) groups excluding carboxylic acids is 4. The highest BCUT2D eigenvalue weighted by atomic mass is 16.7. The topological polar surface area (TPSA) is 153 Å². The minimum Gasteiger partial charge on any atom is -0.454 e. The number of hydrogen-bond acceptors (Lipinski definition) is 8. The molecule has 0 saturated carbocycles. The number of carbonyl (C=O) groups is 4. The summed E-state index contributed by atoms with van der Waals surface area (Å²) in [6, 6.07) is 10.1. The van der Waals surface area contributed by atoms with Crippen molar-refractivity contribution in [2.24, 2.45) is 0 Å². The van der Waals surface area contributed by atoms with Crippen molar-refractivity contribution >= 4 is 23.9 Å². The Morgan fingerprint density at radius 2 is 1.03 bits per heavy atom. The Bertz CT molecular complexity index is 1180. The minimum atomic E-state index is -0.912. The fraction of sp³-hybridized carbons (Fsp3) is 0.333. The maximum absolute atomic E-state index is 11.7. The number of imide groups is 2. The van der Waals surface area contributed by atoms with Gasteiger partial charge in [-0.25, -0.2) is 9.59 Å². The van der Waals surface area contributed by atoms with E-state index in [9.17, 15) is 19.2 Å². The Kier molecular flexibility index (Phi) is 5.58. The van der Waals surface area contributed by atoms with Gasteiger partial charge in [-0.05, 0) is 49.2 Å². The molecular weight excluding hydrogens is 472 g/mol. The van der Waals surface area contributed by atoms with Gasteiger partial charge in [0.1, 0.15) is 11.1 Å². The highest BCUT2D eigenvalue weighted by molar-refractivity contribution is 6.07. The normalized spacial score (nSPS) is 24.9. The maximum atomic E-state index is 11.7. The molecule has 4 heterocycles. The zero-order valence-corrected chi connectivity index (χ0v) is 19.6. The van der Waals surface area contributed by atoms with Gasteiger partial charge >= 0.3 is 12.1 Å². The Labute approximate surface area is 205 Å². The third-order valence-electron chi connectivity index (χ3n) is 6.22. The molecule has 6 amide bonds. The number of rotatable bonds is 4. The highest BCUT2D eigenvalue weighted by Crippen LogP contribution is 2.34. The molecule has 0 spiro atoms. The van der Waals surface area contributed by atoms with E-state index < -0.39 is 23.1 Å². The molecule has 188 valence electrons. The van der Waals surface area contributed by atoms with Crippen LogP contribution in [0.2, 0.25) is 0 Å². The monoisotopic (exact) mass is 496 g/mol. The lowest BCUT2D eigenvalue weighted by atomic mass is 9.93. The molecule has 0 bridgehead atoms. The molecule has 2 unspecified atom stereocenters. The molecule has 12 heteroatoms. The second-order valence-electron chi connectivity index (χ2n) is 9.21. The molecule has 2 fully saturated rings. The molecule has 2 atom stereocenters.